The van der Waals surface area contributed by atoms with Gasteiger partial charge in [-0.15, -0.1) is 5.10 Å². The van der Waals surface area contributed by atoms with Crippen molar-refractivity contribution in [1.29, 1.82) is 0 Å². The highest BCUT2D eigenvalue weighted by molar-refractivity contribution is 7.99. The van der Waals surface area contributed by atoms with Gasteiger partial charge in [0.1, 0.15) is 17.0 Å². The Bertz CT molecular complexity index is 1400. The molecule has 2 N–H and O–H groups in total. The van der Waals surface area contributed by atoms with Crippen LogP contribution < -0.4 is 20.3 Å². The molecule has 2 aromatic heterocycles. The van der Waals surface area contributed by atoms with E-state index in [0.717, 1.165) is 23.7 Å². The van der Waals surface area contributed by atoms with Crippen LogP contribution in [0.15, 0.2) is 52.4 Å². The van der Waals surface area contributed by atoms with Crippen molar-refractivity contribution in [3.8, 4) is 22.8 Å². The summed E-state index contributed by atoms with van der Waals surface area (Å²) in [4.78, 5) is 24.9. The zero-order valence-corrected chi connectivity index (χ0v) is 20.3. The second kappa shape index (κ2) is 10.2. The lowest BCUT2D eigenvalue weighted by molar-refractivity contribution is -0.113. The largest absolute Gasteiger partial charge is 0.495 e. The highest BCUT2D eigenvalue weighted by Gasteiger charge is 2.16. The number of aromatic nitrogens is 4. The average molecular weight is 500 g/mol. The molecule has 1 amide bonds. The Labute approximate surface area is 204 Å². The van der Waals surface area contributed by atoms with E-state index in [1.807, 2.05) is 24.3 Å². The Morgan fingerprint density at radius 2 is 1.88 bits per heavy atom. The summed E-state index contributed by atoms with van der Waals surface area (Å²) in [6, 6.07) is 12.9. The molecule has 4 aromatic rings. The molecule has 34 heavy (non-hydrogen) atoms. The standard InChI is InChI=1S/C23H22ClN5O4S/c1-4-13-5-7-14(8-6-13)16-10-18-22(31)26-27-23(29(18)28-16)34-12-21(30)25-17-9-15(24)19(32-2)11-20(17)33-3/h5-11H,4,12H2,1-3H3,(H,25,30)(H,26,31). The SMILES string of the molecule is CCc1ccc(-c2cc3c(=O)[nH]nc(SCC(=O)Nc4cc(Cl)c(OC)cc4OC)n3n2)cc1. The summed E-state index contributed by atoms with van der Waals surface area (Å²) in [6.45, 7) is 2.09. The fourth-order valence-corrected chi connectivity index (χ4v) is 4.26. The highest BCUT2D eigenvalue weighted by atomic mass is 35.5. The van der Waals surface area contributed by atoms with Crippen LogP contribution in [-0.2, 0) is 11.2 Å². The van der Waals surface area contributed by atoms with Gasteiger partial charge in [-0.3, -0.25) is 9.59 Å². The van der Waals surface area contributed by atoms with Gasteiger partial charge in [-0.25, -0.2) is 9.61 Å². The average Bonchev–Trinajstić information content (AvgIpc) is 3.30. The minimum Gasteiger partial charge on any atom is -0.495 e. The second-order valence-corrected chi connectivity index (χ2v) is 8.59. The molecule has 0 aliphatic rings. The Balaban J connectivity index is 1.54. The number of methoxy groups -OCH3 is 2. The van der Waals surface area contributed by atoms with Gasteiger partial charge in [-0.05, 0) is 24.1 Å². The fourth-order valence-electron chi connectivity index (χ4n) is 3.31. The molecule has 11 heteroatoms. The fraction of sp³-hybridized carbons (Fsp3) is 0.217. The van der Waals surface area contributed by atoms with Gasteiger partial charge in [0, 0.05) is 11.6 Å². The van der Waals surface area contributed by atoms with E-state index in [1.165, 1.54) is 24.3 Å². The van der Waals surface area contributed by atoms with E-state index in [9.17, 15) is 9.59 Å². The lowest BCUT2D eigenvalue weighted by Gasteiger charge is -2.13. The maximum absolute atomic E-state index is 12.6. The molecule has 0 bridgehead atoms. The number of ether oxygens (including phenoxy) is 2. The Kier molecular flexibility index (Phi) is 7.09. The summed E-state index contributed by atoms with van der Waals surface area (Å²) >= 11 is 7.31. The van der Waals surface area contributed by atoms with Gasteiger partial charge in [0.05, 0.1) is 36.4 Å². The quantitative estimate of drug-likeness (QED) is 0.352. The zero-order valence-electron chi connectivity index (χ0n) is 18.7. The van der Waals surface area contributed by atoms with Crippen LogP contribution in [0.1, 0.15) is 12.5 Å². The smallest absolute Gasteiger partial charge is 0.290 e. The first-order chi connectivity index (χ1) is 16.4. The third-order valence-electron chi connectivity index (χ3n) is 5.11. The van der Waals surface area contributed by atoms with Gasteiger partial charge >= 0.3 is 0 Å². The number of aryl methyl sites for hydroxylation is 1. The summed E-state index contributed by atoms with van der Waals surface area (Å²) in [5.41, 5.74) is 3.13. The maximum Gasteiger partial charge on any atom is 0.290 e. The van der Waals surface area contributed by atoms with Crippen molar-refractivity contribution in [2.24, 2.45) is 0 Å². The number of carbonyl (C=O) groups is 1. The van der Waals surface area contributed by atoms with E-state index >= 15 is 0 Å². The molecular formula is C23H22ClN5O4S. The Hall–Kier alpha value is -3.50. The van der Waals surface area contributed by atoms with Crippen LogP contribution in [0.2, 0.25) is 5.02 Å². The minimum atomic E-state index is -0.365. The minimum absolute atomic E-state index is 0.0152. The van der Waals surface area contributed by atoms with Crippen molar-refractivity contribution < 1.29 is 14.3 Å². The molecule has 0 spiro atoms. The number of thioether (sulfide) groups is 1. The highest BCUT2D eigenvalue weighted by Crippen LogP contribution is 2.36. The monoisotopic (exact) mass is 499 g/mol. The van der Waals surface area contributed by atoms with Gasteiger partial charge < -0.3 is 14.8 Å². The van der Waals surface area contributed by atoms with Crippen molar-refractivity contribution in [1.82, 2.24) is 19.8 Å². The first-order valence-corrected chi connectivity index (χ1v) is 11.7. The van der Waals surface area contributed by atoms with E-state index in [0.29, 0.717) is 38.6 Å². The van der Waals surface area contributed by atoms with Crippen LogP contribution in [-0.4, -0.2) is 45.7 Å². The predicted molar refractivity (Wildman–Crippen MR) is 132 cm³/mol. The molecule has 2 aromatic carbocycles. The van der Waals surface area contributed by atoms with Crippen LogP contribution in [0.4, 0.5) is 5.69 Å². The second-order valence-electron chi connectivity index (χ2n) is 7.24. The number of H-pyrrole nitrogens is 1. The summed E-state index contributed by atoms with van der Waals surface area (Å²) in [7, 11) is 2.98. The number of carbonyl (C=O) groups excluding carboxylic acids is 1. The maximum atomic E-state index is 12.6. The van der Waals surface area contributed by atoms with Crippen LogP contribution in [0.25, 0.3) is 16.8 Å². The van der Waals surface area contributed by atoms with Gasteiger partial charge in [-0.2, -0.15) is 5.10 Å². The molecule has 176 valence electrons. The number of nitrogens with one attached hydrogen (secondary N) is 2. The van der Waals surface area contributed by atoms with Crippen molar-refractivity contribution >= 4 is 40.5 Å². The predicted octanol–water partition coefficient (Wildman–Crippen LogP) is 4.05. The molecule has 2 heterocycles. The zero-order chi connectivity index (χ0) is 24.2. The number of nitrogens with zero attached hydrogens (tertiary/aromatic N) is 3. The van der Waals surface area contributed by atoms with E-state index in [2.05, 4.69) is 27.5 Å². The molecular weight excluding hydrogens is 478 g/mol. The summed E-state index contributed by atoms with van der Waals surface area (Å²) in [5.74, 6) is 0.550. The molecule has 0 aliphatic heterocycles. The number of halogens is 1. The van der Waals surface area contributed by atoms with Crippen LogP contribution >= 0.6 is 23.4 Å². The van der Waals surface area contributed by atoms with Crippen LogP contribution in [0, 0.1) is 0 Å². The van der Waals surface area contributed by atoms with Gasteiger partial charge in [-0.1, -0.05) is 54.6 Å². The molecule has 0 radical (unpaired) electrons. The number of fused-ring (bicyclic) bond motifs is 1. The van der Waals surface area contributed by atoms with E-state index in [4.69, 9.17) is 21.1 Å². The lowest BCUT2D eigenvalue weighted by Crippen LogP contribution is -2.17. The van der Waals surface area contributed by atoms with Gasteiger partial charge in [0.15, 0.2) is 0 Å². The summed E-state index contributed by atoms with van der Waals surface area (Å²) < 4.78 is 11.9. The molecule has 0 saturated carbocycles. The van der Waals surface area contributed by atoms with Crippen molar-refractivity contribution in [2.45, 2.75) is 18.5 Å². The number of rotatable bonds is 8. The van der Waals surface area contributed by atoms with E-state index in [1.54, 1.807) is 18.2 Å². The number of aromatic amines is 1. The molecule has 0 saturated heterocycles. The third-order valence-corrected chi connectivity index (χ3v) is 6.34. The molecule has 9 nitrogen and oxygen atoms in total. The summed E-state index contributed by atoms with van der Waals surface area (Å²) in [6.07, 6.45) is 0.937. The number of hydrogen-bond acceptors (Lipinski definition) is 7. The number of hydrogen-bond donors (Lipinski definition) is 2. The summed E-state index contributed by atoms with van der Waals surface area (Å²) in [5, 5.41) is 14.6. The Morgan fingerprint density at radius 1 is 1.15 bits per heavy atom. The third kappa shape index (κ3) is 4.87. The normalized spacial score (nSPS) is 10.9. The van der Waals surface area contributed by atoms with E-state index in [-0.39, 0.29) is 17.2 Å². The molecule has 0 aliphatic carbocycles. The number of amides is 1. The molecule has 0 atom stereocenters. The number of anilines is 1. The number of benzene rings is 2. The van der Waals surface area contributed by atoms with Crippen molar-refractivity contribution in [2.75, 3.05) is 25.3 Å². The van der Waals surface area contributed by atoms with Gasteiger partial charge in [0.25, 0.3) is 5.56 Å². The van der Waals surface area contributed by atoms with Gasteiger partial charge in [0.2, 0.25) is 11.1 Å². The lowest BCUT2D eigenvalue weighted by atomic mass is 10.1. The van der Waals surface area contributed by atoms with Crippen molar-refractivity contribution in [3.05, 3.63) is 63.4 Å². The topological polar surface area (TPSA) is 111 Å². The Morgan fingerprint density at radius 3 is 2.56 bits per heavy atom. The van der Waals surface area contributed by atoms with E-state index < -0.39 is 0 Å². The van der Waals surface area contributed by atoms with Crippen LogP contribution in [0.3, 0.4) is 0 Å². The molecule has 0 fully saturated rings. The molecule has 0 unspecified atom stereocenters. The molecule has 4 rings (SSSR count). The first kappa shape index (κ1) is 23.7. The van der Waals surface area contributed by atoms with Crippen LogP contribution in [0.5, 0.6) is 11.5 Å². The first-order valence-electron chi connectivity index (χ1n) is 10.4. The van der Waals surface area contributed by atoms with Crippen molar-refractivity contribution in [3.63, 3.8) is 0 Å².